The second kappa shape index (κ2) is 16.2. The van der Waals surface area contributed by atoms with Crippen LogP contribution in [0.15, 0.2) is 17.5 Å². The lowest BCUT2D eigenvalue weighted by atomic mass is 9.81. The molecule has 0 amide bonds. The van der Waals surface area contributed by atoms with Crippen molar-refractivity contribution < 1.29 is 9.31 Å². The average molecular weight is 529 g/mol. The summed E-state index contributed by atoms with van der Waals surface area (Å²) in [6, 6.07) is 4.70. The molecule has 1 saturated heterocycles. The highest BCUT2D eigenvalue weighted by Gasteiger charge is 2.34. The Bertz CT molecular complexity index is 888. The van der Waals surface area contributed by atoms with E-state index in [-0.39, 0.29) is 12.5 Å². The molecule has 36 heavy (non-hydrogen) atoms. The Labute approximate surface area is 230 Å². The summed E-state index contributed by atoms with van der Waals surface area (Å²) < 4.78 is 13.5. The van der Waals surface area contributed by atoms with Crippen LogP contribution >= 0.6 is 22.7 Å². The first-order valence-corrected chi connectivity index (χ1v) is 16.3. The van der Waals surface area contributed by atoms with E-state index in [1.165, 1.54) is 109 Å². The maximum Gasteiger partial charge on any atom is 0.504 e. The van der Waals surface area contributed by atoms with Gasteiger partial charge in [0.15, 0.2) is 0 Å². The van der Waals surface area contributed by atoms with Gasteiger partial charge in [-0.2, -0.15) is 0 Å². The Hall–Kier alpha value is -0.875. The van der Waals surface area contributed by atoms with Gasteiger partial charge in [0.05, 0.1) is 0 Å². The third-order valence-corrected chi connectivity index (χ3v) is 9.20. The largest absolute Gasteiger partial charge is 0.504 e. The van der Waals surface area contributed by atoms with Crippen LogP contribution in [0.1, 0.15) is 126 Å². The summed E-state index contributed by atoms with van der Waals surface area (Å²) in [5.74, 6) is 0. The topological polar surface area (TPSA) is 18.5 Å². The highest BCUT2D eigenvalue weighted by atomic mass is 32.1. The monoisotopic (exact) mass is 528 g/mol. The van der Waals surface area contributed by atoms with Gasteiger partial charge in [0.2, 0.25) is 0 Å². The van der Waals surface area contributed by atoms with Crippen LogP contribution in [0.2, 0.25) is 0 Å². The SMILES string of the molecule is CCCCCCCCc1ccsc1C=Cc1sc(B2OCC(C)(C)CO2)cc1CCCCCCCC. The van der Waals surface area contributed by atoms with Gasteiger partial charge >= 0.3 is 7.12 Å². The second-order valence-corrected chi connectivity index (χ2v) is 13.4. The van der Waals surface area contributed by atoms with Crippen LogP contribution in [0.25, 0.3) is 12.2 Å². The maximum absolute atomic E-state index is 6.13. The summed E-state index contributed by atoms with van der Waals surface area (Å²) in [5, 5.41) is 2.26. The Morgan fingerprint density at radius 1 is 0.778 bits per heavy atom. The molecule has 0 N–H and O–H groups in total. The van der Waals surface area contributed by atoms with Gasteiger partial charge in [-0.15, -0.1) is 22.7 Å². The zero-order valence-corrected chi connectivity index (χ0v) is 25.0. The van der Waals surface area contributed by atoms with Crippen molar-refractivity contribution in [3.8, 4) is 0 Å². The summed E-state index contributed by atoms with van der Waals surface area (Å²) in [7, 11) is -0.210. The fourth-order valence-corrected chi connectivity index (χ4v) is 6.78. The summed E-state index contributed by atoms with van der Waals surface area (Å²) in [6.45, 7) is 10.5. The number of unbranched alkanes of at least 4 members (excludes halogenated alkanes) is 10. The van der Waals surface area contributed by atoms with Crippen LogP contribution in [0.3, 0.4) is 0 Å². The third kappa shape index (κ3) is 10.1. The summed E-state index contributed by atoms with van der Waals surface area (Å²) >= 11 is 3.74. The van der Waals surface area contributed by atoms with Gasteiger partial charge in [-0.1, -0.05) is 91.9 Å². The lowest BCUT2D eigenvalue weighted by Gasteiger charge is -2.32. The minimum absolute atomic E-state index is 0.101. The fraction of sp³-hybridized carbons (Fsp3) is 0.677. The van der Waals surface area contributed by atoms with Gasteiger partial charge in [0, 0.05) is 33.2 Å². The lowest BCUT2D eigenvalue weighted by molar-refractivity contribution is 0.0346. The van der Waals surface area contributed by atoms with Crippen LogP contribution in [0.5, 0.6) is 0 Å². The molecule has 2 nitrogen and oxygen atoms in total. The van der Waals surface area contributed by atoms with Crippen LogP contribution in [-0.4, -0.2) is 20.3 Å². The zero-order valence-electron chi connectivity index (χ0n) is 23.4. The maximum atomic E-state index is 6.13. The van der Waals surface area contributed by atoms with Crippen LogP contribution in [-0.2, 0) is 22.2 Å². The van der Waals surface area contributed by atoms with Gasteiger partial charge in [-0.25, -0.2) is 0 Å². The molecule has 1 aliphatic rings. The van der Waals surface area contributed by atoms with Crippen LogP contribution in [0, 0.1) is 5.41 Å². The molecule has 1 aliphatic heterocycles. The van der Waals surface area contributed by atoms with Gasteiger partial charge < -0.3 is 9.31 Å². The Morgan fingerprint density at radius 2 is 1.33 bits per heavy atom. The molecule has 0 unspecified atom stereocenters. The average Bonchev–Trinajstić information content (AvgIpc) is 3.48. The van der Waals surface area contributed by atoms with E-state index in [2.05, 4.69) is 57.4 Å². The van der Waals surface area contributed by atoms with Crippen molar-refractivity contribution in [2.24, 2.45) is 5.41 Å². The molecule has 0 aromatic carbocycles. The molecular formula is C31H49BO2S2. The van der Waals surface area contributed by atoms with E-state index in [9.17, 15) is 0 Å². The quantitative estimate of drug-likeness (QED) is 0.150. The van der Waals surface area contributed by atoms with E-state index in [1.807, 2.05) is 22.7 Å². The third-order valence-electron chi connectivity index (χ3n) is 7.11. The lowest BCUT2D eigenvalue weighted by Crippen LogP contribution is -2.46. The molecule has 0 radical (unpaired) electrons. The van der Waals surface area contributed by atoms with E-state index < -0.39 is 0 Å². The number of thiophene rings is 2. The van der Waals surface area contributed by atoms with Gasteiger partial charge in [-0.05, 0) is 66.5 Å². The predicted molar refractivity (Wildman–Crippen MR) is 163 cm³/mol. The van der Waals surface area contributed by atoms with Crippen molar-refractivity contribution in [1.29, 1.82) is 0 Å². The molecule has 0 saturated carbocycles. The Kier molecular flexibility index (Phi) is 13.3. The molecule has 0 bridgehead atoms. The fourth-order valence-electron chi connectivity index (χ4n) is 4.82. The molecule has 0 atom stereocenters. The van der Waals surface area contributed by atoms with E-state index in [4.69, 9.17) is 9.31 Å². The minimum atomic E-state index is -0.210. The van der Waals surface area contributed by atoms with E-state index in [1.54, 1.807) is 0 Å². The van der Waals surface area contributed by atoms with Gasteiger partial charge in [-0.3, -0.25) is 0 Å². The smallest absolute Gasteiger partial charge is 0.406 e. The zero-order chi connectivity index (χ0) is 25.6. The molecule has 2 aromatic rings. The van der Waals surface area contributed by atoms with Crippen molar-refractivity contribution in [3.05, 3.63) is 38.4 Å². The van der Waals surface area contributed by atoms with Crippen molar-refractivity contribution in [1.82, 2.24) is 0 Å². The highest BCUT2D eigenvalue weighted by Crippen LogP contribution is 2.28. The van der Waals surface area contributed by atoms with Crippen molar-refractivity contribution in [2.45, 2.75) is 118 Å². The minimum Gasteiger partial charge on any atom is -0.406 e. The molecule has 200 valence electrons. The van der Waals surface area contributed by atoms with Crippen molar-refractivity contribution >= 4 is 46.7 Å². The van der Waals surface area contributed by atoms with Crippen molar-refractivity contribution in [2.75, 3.05) is 13.2 Å². The van der Waals surface area contributed by atoms with E-state index >= 15 is 0 Å². The second-order valence-electron chi connectivity index (χ2n) is 11.3. The van der Waals surface area contributed by atoms with E-state index in [0.29, 0.717) is 0 Å². The molecule has 2 aromatic heterocycles. The molecule has 1 fully saturated rings. The summed E-state index contributed by atoms with van der Waals surface area (Å²) in [6.07, 6.45) is 23.2. The first-order valence-electron chi connectivity index (χ1n) is 14.6. The number of aryl methyl sites for hydroxylation is 2. The Balaban J connectivity index is 1.63. The predicted octanol–water partition coefficient (Wildman–Crippen LogP) is 9.55. The van der Waals surface area contributed by atoms with Crippen LogP contribution < -0.4 is 4.78 Å². The van der Waals surface area contributed by atoms with Crippen LogP contribution in [0.4, 0.5) is 0 Å². The number of hydrogen-bond acceptors (Lipinski definition) is 4. The first-order chi connectivity index (χ1) is 17.5. The van der Waals surface area contributed by atoms with E-state index in [0.717, 1.165) is 19.6 Å². The normalized spacial score (nSPS) is 15.8. The van der Waals surface area contributed by atoms with Crippen molar-refractivity contribution in [3.63, 3.8) is 0 Å². The molecule has 3 heterocycles. The standard InChI is InChI=1S/C31H49BO2S2/c1-5-7-9-11-13-15-17-26-21-22-35-28(26)19-20-29-27(18-16-14-12-10-8-6-2)23-30(36-29)32-33-24-31(3,4)25-34-32/h19-23H,5-18,24-25H2,1-4H3. The summed E-state index contributed by atoms with van der Waals surface area (Å²) in [5.41, 5.74) is 3.08. The molecule has 5 heteroatoms. The highest BCUT2D eigenvalue weighted by molar-refractivity contribution is 7.23. The molecule has 0 spiro atoms. The Morgan fingerprint density at radius 3 is 1.97 bits per heavy atom. The molecular weight excluding hydrogens is 479 g/mol. The number of hydrogen-bond donors (Lipinski definition) is 0. The first kappa shape index (κ1) is 29.7. The van der Waals surface area contributed by atoms with Gasteiger partial charge in [0.1, 0.15) is 0 Å². The summed E-state index contributed by atoms with van der Waals surface area (Å²) in [4.78, 5) is 2.81. The number of rotatable bonds is 17. The molecule has 0 aliphatic carbocycles. The van der Waals surface area contributed by atoms with Gasteiger partial charge in [0.25, 0.3) is 0 Å². The molecule has 3 rings (SSSR count).